The lowest BCUT2D eigenvalue weighted by atomic mass is 10.1. The van der Waals surface area contributed by atoms with Gasteiger partial charge < -0.3 is 14.2 Å². The van der Waals surface area contributed by atoms with E-state index in [0.29, 0.717) is 18.6 Å². The molecule has 0 atom stereocenters. The summed E-state index contributed by atoms with van der Waals surface area (Å²) >= 11 is 0. The zero-order valence-electron chi connectivity index (χ0n) is 24.4. The predicted octanol–water partition coefficient (Wildman–Crippen LogP) is 7.38. The van der Waals surface area contributed by atoms with Gasteiger partial charge in [0.25, 0.3) is 0 Å². The molecule has 0 bridgehead atoms. The molecule has 0 unspecified atom stereocenters. The number of carbonyl (C=O) groups excluding carboxylic acids is 2. The Labute approximate surface area is 236 Å². The maximum atomic E-state index is 11.8. The average molecular weight is 540 g/mol. The Bertz CT molecular complexity index is 943. The van der Waals surface area contributed by atoms with Crippen molar-refractivity contribution in [2.24, 2.45) is 0 Å². The van der Waals surface area contributed by atoms with Gasteiger partial charge in [0.05, 0.1) is 25.9 Å². The van der Waals surface area contributed by atoms with Crippen molar-refractivity contribution in [1.82, 2.24) is 4.90 Å². The smallest absolute Gasteiger partial charge is 0.337 e. The van der Waals surface area contributed by atoms with Crippen LogP contribution in [0, 0.1) is 0 Å². The summed E-state index contributed by atoms with van der Waals surface area (Å²) in [5.74, 6) is 0.521. The fraction of sp³-hybridized carbons (Fsp3) is 0.576. The van der Waals surface area contributed by atoms with Gasteiger partial charge in [-0.1, -0.05) is 75.8 Å². The Morgan fingerprint density at radius 3 is 2.23 bits per heavy atom. The summed E-state index contributed by atoms with van der Waals surface area (Å²) in [7, 11) is 1.39. The maximum absolute atomic E-state index is 11.8. The minimum absolute atomic E-state index is 0.130. The molecule has 0 heterocycles. The van der Waals surface area contributed by atoms with Gasteiger partial charge in [-0.25, -0.2) is 4.79 Å². The van der Waals surface area contributed by atoms with Crippen molar-refractivity contribution in [1.29, 1.82) is 0 Å². The van der Waals surface area contributed by atoms with Crippen LogP contribution in [0.15, 0.2) is 48.5 Å². The number of esters is 2. The number of methoxy groups -OCH3 is 1. The summed E-state index contributed by atoms with van der Waals surface area (Å²) in [6.45, 7) is 7.78. The Morgan fingerprint density at radius 2 is 1.51 bits per heavy atom. The number of para-hydroxylation sites is 1. The Hall–Kier alpha value is -2.86. The van der Waals surface area contributed by atoms with E-state index in [0.717, 1.165) is 63.2 Å². The molecule has 0 amide bonds. The molecule has 6 heteroatoms. The lowest BCUT2D eigenvalue weighted by molar-refractivity contribution is -0.143. The molecule has 0 aliphatic heterocycles. The first-order valence-electron chi connectivity index (χ1n) is 14.8. The van der Waals surface area contributed by atoms with Gasteiger partial charge in [0, 0.05) is 19.5 Å². The number of rotatable bonds is 21. The molecule has 0 saturated heterocycles. The van der Waals surface area contributed by atoms with Crippen LogP contribution in [0.4, 0.5) is 0 Å². The van der Waals surface area contributed by atoms with E-state index >= 15 is 0 Å². The van der Waals surface area contributed by atoms with Crippen LogP contribution < -0.4 is 4.74 Å². The Kier molecular flexibility index (Phi) is 16.7. The largest absolute Gasteiger partial charge is 0.493 e. The van der Waals surface area contributed by atoms with E-state index in [-0.39, 0.29) is 11.9 Å². The molecule has 0 aromatic heterocycles. The third-order valence-electron chi connectivity index (χ3n) is 6.87. The first kappa shape index (κ1) is 32.4. The molecule has 0 N–H and O–H groups in total. The Morgan fingerprint density at radius 1 is 0.795 bits per heavy atom. The highest BCUT2D eigenvalue weighted by Gasteiger charge is 2.12. The van der Waals surface area contributed by atoms with Crippen LogP contribution >= 0.6 is 0 Å². The monoisotopic (exact) mass is 539 g/mol. The van der Waals surface area contributed by atoms with E-state index in [1.165, 1.54) is 51.2 Å². The van der Waals surface area contributed by atoms with Crippen LogP contribution in [-0.2, 0) is 27.2 Å². The van der Waals surface area contributed by atoms with Crippen molar-refractivity contribution >= 4 is 11.9 Å². The van der Waals surface area contributed by atoms with Crippen LogP contribution in [0.25, 0.3) is 0 Å². The topological polar surface area (TPSA) is 65.1 Å². The molecule has 216 valence electrons. The van der Waals surface area contributed by atoms with Gasteiger partial charge in [0.1, 0.15) is 5.75 Å². The second kappa shape index (κ2) is 20.1. The molecule has 6 nitrogen and oxygen atoms in total. The first-order valence-corrected chi connectivity index (χ1v) is 14.8. The molecule has 0 saturated carbocycles. The molecule has 2 aromatic carbocycles. The van der Waals surface area contributed by atoms with Gasteiger partial charge >= 0.3 is 11.9 Å². The standard InChI is InChI=1S/C33H49NO5/c1-4-6-7-8-9-10-15-26-39-31-17-12-11-16-29(31)23-25-34(24-14-13-18-32(35)38-5-2)27-28-19-21-30(22-20-28)33(36)37-3/h11-12,16-17,19-22H,4-10,13-15,18,23-27H2,1-3H3. The van der Waals surface area contributed by atoms with E-state index in [1.807, 2.05) is 37.3 Å². The van der Waals surface area contributed by atoms with Crippen molar-refractivity contribution in [3.05, 3.63) is 65.2 Å². The van der Waals surface area contributed by atoms with Crippen molar-refractivity contribution in [3.63, 3.8) is 0 Å². The van der Waals surface area contributed by atoms with Gasteiger partial charge in [-0.15, -0.1) is 0 Å². The fourth-order valence-corrected chi connectivity index (χ4v) is 4.60. The van der Waals surface area contributed by atoms with Crippen LogP contribution in [0.3, 0.4) is 0 Å². The summed E-state index contributed by atoms with van der Waals surface area (Å²) in [5.41, 5.74) is 2.91. The van der Waals surface area contributed by atoms with Gasteiger partial charge in [-0.2, -0.15) is 0 Å². The minimum Gasteiger partial charge on any atom is -0.493 e. The van der Waals surface area contributed by atoms with E-state index in [9.17, 15) is 9.59 Å². The summed E-state index contributed by atoms with van der Waals surface area (Å²) < 4.78 is 16.1. The van der Waals surface area contributed by atoms with Gasteiger partial charge in [0.2, 0.25) is 0 Å². The van der Waals surface area contributed by atoms with E-state index in [2.05, 4.69) is 30.0 Å². The SMILES string of the molecule is CCCCCCCCCOc1ccccc1CCN(CCCCC(=O)OCC)Cc1ccc(C(=O)OC)cc1. The van der Waals surface area contributed by atoms with Crippen molar-refractivity contribution < 1.29 is 23.8 Å². The summed E-state index contributed by atoms with van der Waals surface area (Å²) in [4.78, 5) is 25.9. The molecule has 2 rings (SSSR count). The van der Waals surface area contributed by atoms with Crippen LogP contribution in [0.1, 0.15) is 99.5 Å². The van der Waals surface area contributed by atoms with Gasteiger partial charge in [0.15, 0.2) is 0 Å². The number of hydrogen-bond acceptors (Lipinski definition) is 6. The first-order chi connectivity index (χ1) is 19.1. The lowest BCUT2D eigenvalue weighted by Gasteiger charge is -2.23. The van der Waals surface area contributed by atoms with Crippen LogP contribution in [0.2, 0.25) is 0 Å². The number of ether oxygens (including phenoxy) is 3. The van der Waals surface area contributed by atoms with E-state index in [1.54, 1.807) is 0 Å². The molecule has 0 fully saturated rings. The third-order valence-corrected chi connectivity index (χ3v) is 6.87. The quantitative estimate of drug-likeness (QED) is 0.122. The van der Waals surface area contributed by atoms with E-state index < -0.39 is 0 Å². The molecule has 0 radical (unpaired) electrons. The lowest BCUT2D eigenvalue weighted by Crippen LogP contribution is -2.27. The minimum atomic E-state index is -0.328. The fourth-order valence-electron chi connectivity index (χ4n) is 4.60. The normalized spacial score (nSPS) is 11.0. The van der Waals surface area contributed by atoms with Gasteiger partial charge in [-0.3, -0.25) is 9.69 Å². The zero-order chi connectivity index (χ0) is 28.1. The van der Waals surface area contributed by atoms with Gasteiger partial charge in [-0.05, 0) is 68.5 Å². The molecular formula is C33H49NO5. The summed E-state index contributed by atoms with van der Waals surface area (Å²) in [5, 5.41) is 0. The number of benzene rings is 2. The maximum Gasteiger partial charge on any atom is 0.337 e. The van der Waals surface area contributed by atoms with E-state index in [4.69, 9.17) is 14.2 Å². The third kappa shape index (κ3) is 13.7. The number of unbranched alkanes of at least 4 members (excludes halogenated alkanes) is 7. The summed E-state index contributed by atoms with van der Waals surface area (Å²) in [6.07, 6.45) is 11.9. The van der Waals surface area contributed by atoms with Crippen molar-refractivity contribution in [2.75, 3.05) is 33.4 Å². The molecule has 39 heavy (non-hydrogen) atoms. The average Bonchev–Trinajstić information content (AvgIpc) is 2.96. The number of nitrogens with zero attached hydrogens (tertiary/aromatic N) is 1. The van der Waals surface area contributed by atoms with Crippen LogP contribution in [0.5, 0.6) is 5.75 Å². The zero-order valence-corrected chi connectivity index (χ0v) is 24.4. The molecular weight excluding hydrogens is 490 g/mol. The highest BCUT2D eigenvalue weighted by atomic mass is 16.5. The van der Waals surface area contributed by atoms with Crippen LogP contribution in [-0.4, -0.2) is 50.3 Å². The predicted molar refractivity (Wildman–Crippen MR) is 157 cm³/mol. The highest BCUT2D eigenvalue weighted by molar-refractivity contribution is 5.89. The van der Waals surface area contributed by atoms with Crippen molar-refractivity contribution in [3.8, 4) is 5.75 Å². The Balaban J connectivity index is 1.92. The molecule has 0 aliphatic carbocycles. The molecule has 0 spiro atoms. The summed E-state index contributed by atoms with van der Waals surface area (Å²) in [6, 6.07) is 15.9. The second-order valence-corrected chi connectivity index (χ2v) is 10.1. The molecule has 2 aromatic rings. The highest BCUT2D eigenvalue weighted by Crippen LogP contribution is 2.20. The molecule has 0 aliphatic rings. The number of carbonyl (C=O) groups is 2. The number of hydrogen-bond donors (Lipinski definition) is 0. The van der Waals surface area contributed by atoms with Crippen molar-refractivity contribution in [2.45, 2.75) is 91.0 Å². The second-order valence-electron chi connectivity index (χ2n) is 10.1.